The molecular formula is C8H14ClN3O4S. The van der Waals surface area contributed by atoms with Crippen molar-refractivity contribution in [2.45, 2.75) is 11.7 Å². The highest BCUT2D eigenvalue weighted by Crippen LogP contribution is 2.27. The monoisotopic (exact) mass is 283 g/mol. The first kappa shape index (κ1) is 16.2. The molecule has 0 saturated carbocycles. The summed E-state index contributed by atoms with van der Waals surface area (Å²) in [4.78, 5) is 14.0. The van der Waals surface area contributed by atoms with Gasteiger partial charge in [0, 0.05) is 6.07 Å². The molecule has 98 valence electrons. The van der Waals surface area contributed by atoms with Crippen molar-refractivity contribution in [1.82, 2.24) is 4.98 Å². The molecule has 17 heavy (non-hydrogen) atoms. The molecule has 2 atom stereocenters. The summed E-state index contributed by atoms with van der Waals surface area (Å²) in [6.45, 7) is -0.0470. The van der Waals surface area contributed by atoms with Crippen LogP contribution in [0.5, 0.6) is 0 Å². The average Bonchev–Trinajstić information content (AvgIpc) is 2.66. The molecule has 9 heteroatoms. The molecule has 1 aliphatic heterocycles. The second-order valence-corrected chi connectivity index (χ2v) is 4.34. The van der Waals surface area contributed by atoms with Crippen LogP contribution in [0.25, 0.3) is 0 Å². The van der Waals surface area contributed by atoms with E-state index < -0.39 is 0 Å². The Labute approximate surface area is 108 Å². The Balaban J connectivity index is 0.00000128. The van der Waals surface area contributed by atoms with Crippen LogP contribution in [-0.4, -0.2) is 33.4 Å². The van der Waals surface area contributed by atoms with E-state index in [1.54, 1.807) is 12.3 Å². The van der Waals surface area contributed by atoms with E-state index in [0.717, 1.165) is 0 Å². The minimum atomic E-state index is -0.337. The number of nitrogens with zero attached hydrogens (tertiary/aromatic N) is 1. The number of aliphatic hydroxyl groups is 1. The number of aromatic nitrogens is 2. The third-order valence-electron chi connectivity index (χ3n) is 2.09. The molecule has 0 spiro atoms. The molecule has 2 heterocycles. The van der Waals surface area contributed by atoms with Crippen molar-refractivity contribution in [1.29, 1.82) is 0 Å². The van der Waals surface area contributed by atoms with Crippen LogP contribution < -0.4 is 28.4 Å². The van der Waals surface area contributed by atoms with Gasteiger partial charge in [-0.2, -0.15) is 14.3 Å². The number of hydrogen-bond donors (Lipinski definition) is 3. The summed E-state index contributed by atoms with van der Waals surface area (Å²) >= 11 is 1.48. The van der Waals surface area contributed by atoms with Crippen LogP contribution in [0.4, 0.5) is 5.82 Å². The second kappa shape index (κ2) is 6.82. The summed E-state index contributed by atoms with van der Waals surface area (Å²) in [7, 11) is 0. The number of thioether (sulfide) groups is 1. The van der Waals surface area contributed by atoms with E-state index in [4.69, 9.17) is 15.6 Å². The Morgan fingerprint density at radius 2 is 2.41 bits per heavy atom. The van der Waals surface area contributed by atoms with Crippen LogP contribution in [0.2, 0.25) is 0 Å². The fourth-order valence-electron chi connectivity index (χ4n) is 1.37. The van der Waals surface area contributed by atoms with Gasteiger partial charge in [0.05, 0.1) is 12.4 Å². The van der Waals surface area contributed by atoms with Crippen molar-refractivity contribution in [3.8, 4) is 0 Å². The SMILES string of the molecule is Nc1cc[n+]([C@@H]2CS[C@H](CO)O2)c(=O)[nH]1.O.[Cl-]. The summed E-state index contributed by atoms with van der Waals surface area (Å²) in [6, 6.07) is 1.60. The van der Waals surface area contributed by atoms with Crippen LogP contribution in [0.3, 0.4) is 0 Å². The van der Waals surface area contributed by atoms with Gasteiger partial charge < -0.3 is 33.5 Å². The van der Waals surface area contributed by atoms with E-state index in [1.807, 2.05) is 0 Å². The molecule has 1 aromatic rings. The lowest BCUT2D eigenvalue weighted by Crippen LogP contribution is -3.00. The highest BCUT2D eigenvalue weighted by Gasteiger charge is 2.31. The summed E-state index contributed by atoms with van der Waals surface area (Å²) < 4.78 is 6.86. The zero-order valence-corrected chi connectivity index (χ0v) is 10.4. The minimum absolute atomic E-state index is 0. The number of nitrogens with one attached hydrogen (secondary N) is 1. The largest absolute Gasteiger partial charge is 1.00 e. The molecule has 1 saturated heterocycles. The molecule has 0 bridgehead atoms. The fourth-order valence-corrected chi connectivity index (χ4v) is 2.30. The molecule has 0 aromatic carbocycles. The van der Waals surface area contributed by atoms with Gasteiger partial charge in [0.2, 0.25) is 6.23 Å². The molecule has 0 unspecified atom stereocenters. The van der Waals surface area contributed by atoms with E-state index in [1.165, 1.54) is 16.3 Å². The van der Waals surface area contributed by atoms with E-state index in [0.29, 0.717) is 11.6 Å². The van der Waals surface area contributed by atoms with Crippen molar-refractivity contribution in [2.24, 2.45) is 0 Å². The van der Waals surface area contributed by atoms with E-state index in [2.05, 4.69) is 4.98 Å². The van der Waals surface area contributed by atoms with Crippen molar-refractivity contribution in [2.75, 3.05) is 18.1 Å². The summed E-state index contributed by atoms with van der Waals surface area (Å²) in [6.07, 6.45) is 1.25. The third-order valence-corrected chi connectivity index (χ3v) is 3.20. The average molecular weight is 284 g/mol. The third kappa shape index (κ3) is 3.58. The molecule has 1 aliphatic rings. The van der Waals surface area contributed by atoms with Crippen LogP contribution in [0, 0.1) is 0 Å². The first-order chi connectivity index (χ1) is 7.20. The standard InChI is InChI=1S/C8H11N3O3S.ClH.H2O/c9-5-1-2-11(8(13)10-5)6-4-15-7(3-12)14-6;;/h1-2,6-7,12H,3-4H2,(H2,9,10,13);1H;1H2/t6-,7+;;/m0../s1. The number of rotatable bonds is 2. The van der Waals surface area contributed by atoms with Crippen LogP contribution >= 0.6 is 11.8 Å². The topological polar surface area (TPSA) is 124 Å². The smallest absolute Gasteiger partial charge is 0.499 e. The molecular weight excluding hydrogens is 270 g/mol. The first-order valence-corrected chi connectivity index (χ1v) is 5.53. The highest BCUT2D eigenvalue weighted by molar-refractivity contribution is 8.00. The Kier molecular flexibility index (Phi) is 6.50. The Morgan fingerprint density at radius 1 is 1.71 bits per heavy atom. The number of nitrogens with two attached hydrogens (primary N) is 1. The first-order valence-electron chi connectivity index (χ1n) is 4.48. The number of H-pyrrole nitrogens is 1. The zero-order chi connectivity index (χ0) is 10.8. The van der Waals surface area contributed by atoms with Gasteiger partial charge in [0.15, 0.2) is 5.82 Å². The summed E-state index contributed by atoms with van der Waals surface area (Å²) in [5.41, 5.74) is 4.87. The van der Waals surface area contributed by atoms with Gasteiger partial charge in [0.1, 0.15) is 11.6 Å². The molecule has 2 rings (SSSR count). The van der Waals surface area contributed by atoms with Gasteiger partial charge in [-0.3, -0.25) is 0 Å². The molecule has 1 aromatic heterocycles. The van der Waals surface area contributed by atoms with Gasteiger partial charge in [-0.25, -0.2) is 0 Å². The lowest BCUT2D eigenvalue weighted by Gasteiger charge is -2.07. The van der Waals surface area contributed by atoms with Gasteiger partial charge in [0.25, 0.3) is 0 Å². The maximum atomic E-state index is 11.5. The predicted molar refractivity (Wildman–Crippen MR) is 58.7 cm³/mol. The van der Waals surface area contributed by atoms with Crippen molar-refractivity contribution >= 4 is 17.6 Å². The quantitative estimate of drug-likeness (QED) is 0.469. The lowest BCUT2D eigenvalue weighted by atomic mass is 10.5. The minimum Gasteiger partial charge on any atom is -1.00 e. The molecule has 0 radical (unpaired) electrons. The number of aliphatic hydroxyl groups excluding tert-OH is 1. The Morgan fingerprint density at radius 3 is 2.94 bits per heavy atom. The Bertz CT molecular complexity index is 416. The fraction of sp³-hybridized carbons (Fsp3) is 0.500. The molecule has 7 nitrogen and oxygen atoms in total. The Hall–Kier alpha value is -0.800. The molecule has 1 fully saturated rings. The lowest BCUT2D eigenvalue weighted by molar-refractivity contribution is -0.770. The second-order valence-electron chi connectivity index (χ2n) is 3.14. The van der Waals surface area contributed by atoms with E-state index in [-0.39, 0.29) is 41.8 Å². The van der Waals surface area contributed by atoms with Crippen LogP contribution in [0.1, 0.15) is 6.23 Å². The number of nitrogen functional groups attached to an aromatic ring is 1. The molecule has 0 aliphatic carbocycles. The highest BCUT2D eigenvalue weighted by atomic mass is 35.5. The summed E-state index contributed by atoms with van der Waals surface area (Å²) in [5.74, 6) is 0.962. The summed E-state index contributed by atoms with van der Waals surface area (Å²) in [5, 5.41) is 8.88. The number of hydrogen-bond acceptors (Lipinski definition) is 5. The predicted octanol–water partition coefficient (Wildman–Crippen LogP) is -5.00. The van der Waals surface area contributed by atoms with Crippen molar-refractivity contribution < 1.29 is 32.3 Å². The van der Waals surface area contributed by atoms with Gasteiger partial charge >= 0.3 is 5.69 Å². The number of aromatic amines is 1. The number of anilines is 1. The van der Waals surface area contributed by atoms with E-state index in [9.17, 15) is 4.79 Å². The van der Waals surface area contributed by atoms with Gasteiger partial charge in [-0.05, 0) is 0 Å². The van der Waals surface area contributed by atoms with Crippen molar-refractivity contribution in [3.05, 3.63) is 22.7 Å². The number of halogens is 1. The van der Waals surface area contributed by atoms with Crippen LogP contribution in [-0.2, 0) is 4.74 Å². The van der Waals surface area contributed by atoms with Crippen molar-refractivity contribution in [3.63, 3.8) is 0 Å². The number of ether oxygens (including phenoxy) is 1. The normalized spacial score (nSPS) is 22.6. The molecule has 6 N–H and O–H groups in total. The molecule has 0 amide bonds. The maximum absolute atomic E-state index is 11.5. The van der Waals surface area contributed by atoms with Crippen LogP contribution in [0.15, 0.2) is 17.1 Å². The maximum Gasteiger partial charge on any atom is 0.499 e. The van der Waals surface area contributed by atoms with E-state index >= 15 is 0 Å². The zero-order valence-electron chi connectivity index (χ0n) is 8.80. The van der Waals surface area contributed by atoms with Gasteiger partial charge in [-0.15, -0.1) is 11.8 Å². The van der Waals surface area contributed by atoms with Gasteiger partial charge in [-0.1, -0.05) is 0 Å².